The summed E-state index contributed by atoms with van der Waals surface area (Å²) in [4.78, 5) is 12.2. The zero-order valence-corrected chi connectivity index (χ0v) is 9.96. The van der Waals surface area contributed by atoms with E-state index in [1.165, 1.54) is 0 Å². The van der Waals surface area contributed by atoms with Crippen LogP contribution >= 0.6 is 11.6 Å². The highest BCUT2D eigenvalue weighted by atomic mass is 35.5. The van der Waals surface area contributed by atoms with Gasteiger partial charge in [0.15, 0.2) is 9.84 Å². The zero-order chi connectivity index (χ0) is 11.6. The second-order valence-electron chi connectivity index (χ2n) is 3.80. The third-order valence-corrected chi connectivity index (χ3v) is 4.62. The normalized spacial score (nSPS) is 26.7. The molecule has 1 rings (SSSR count). The summed E-state index contributed by atoms with van der Waals surface area (Å²) >= 11 is 5.57. The van der Waals surface area contributed by atoms with E-state index in [1.54, 1.807) is 11.9 Å². The van der Waals surface area contributed by atoms with Gasteiger partial charge in [0, 0.05) is 12.6 Å². The van der Waals surface area contributed by atoms with Crippen LogP contribution in [0.3, 0.4) is 0 Å². The Kier molecular flexibility index (Phi) is 3.97. The van der Waals surface area contributed by atoms with Crippen LogP contribution in [0.15, 0.2) is 0 Å². The van der Waals surface area contributed by atoms with Crippen LogP contribution in [0, 0.1) is 0 Å². The number of sulfone groups is 1. The van der Waals surface area contributed by atoms with Gasteiger partial charge in [-0.15, -0.1) is 11.6 Å². The van der Waals surface area contributed by atoms with Crippen molar-refractivity contribution in [2.24, 2.45) is 0 Å². The van der Waals surface area contributed by atoms with Gasteiger partial charge in [-0.3, -0.25) is 4.79 Å². The van der Waals surface area contributed by atoms with Crippen LogP contribution in [0.4, 0.5) is 0 Å². The van der Waals surface area contributed by atoms with Crippen LogP contribution in [0.1, 0.15) is 6.42 Å². The predicted molar refractivity (Wildman–Crippen MR) is 57.0 cm³/mol. The number of hydrogen-bond donors (Lipinski definition) is 1. The SMILES string of the molecule is CN(CC(Cl)C(=O)O)C1CCS(=O)(=O)C1. The number of alkyl halides is 1. The van der Waals surface area contributed by atoms with Crippen molar-refractivity contribution in [2.75, 3.05) is 25.1 Å². The van der Waals surface area contributed by atoms with Crippen LogP contribution in [0.5, 0.6) is 0 Å². The molecule has 0 aromatic heterocycles. The first-order chi connectivity index (χ1) is 6.82. The number of rotatable bonds is 4. The summed E-state index contributed by atoms with van der Waals surface area (Å²) < 4.78 is 22.4. The topological polar surface area (TPSA) is 74.7 Å². The number of carboxylic acid groups (broad SMARTS) is 1. The summed E-state index contributed by atoms with van der Waals surface area (Å²) in [5.41, 5.74) is 0. The van der Waals surface area contributed by atoms with E-state index in [-0.39, 0.29) is 24.1 Å². The quantitative estimate of drug-likeness (QED) is 0.704. The van der Waals surface area contributed by atoms with Crippen LogP contribution < -0.4 is 0 Å². The molecule has 1 aliphatic rings. The predicted octanol–water partition coefficient (Wildman–Crippen LogP) is -0.203. The van der Waals surface area contributed by atoms with Crippen molar-refractivity contribution in [3.8, 4) is 0 Å². The lowest BCUT2D eigenvalue weighted by molar-refractivity contribution is -0.137. The Morgan fingerprint density at radius 3 is 2.67 bits per heavy atom. The monoisotopic (exact) mass is 255 g/mol. The van der Waals surface area contributed by atoms with Gasteiger partial charge >= 0.3 is 5.97 Å². The Hall–Kier alpha value is -0.330. The Morgan fingerprint density at radius 2 is 2.27 bits per heavy atom. The van der Waals surface area contributed by atoms with E-state index in [0.29, 0.717) is 6.42 Å². The molecule has 7 heteroatoms. The first kappa shape index (κ1) is 12.7. The molecule has 1 heterocycles. The molecular weight excluding hydrogens is 242 g/mol. The van der Waals surface area contributed by atoms with Crippen LogP contribution in [-0.2, 0) is 14.6 Å². The Morgan fingerprint density at radius 1 is 1.67 bits per heavy atom. The number of carbonyl (C=O) groups is 1. The fourth-order valence-electron chi connectivity index (χ4n) is 1.60. The highest BCUT2D eigenvalue weighted by molar-refractivity contribution is 7.91. The van der Waals surface area contributed by atoms with Crippen LogP contribution in [-0.4, -0.2) is 60.9 Å². The second-order valence-corrected chi connectivity index (χ2v) is 6.56. The summed E-state index contributed by atoms with van der Waals surface area (Å²) in [6.07, 6.45) is 0.558. The van der Waals surface area contributed by atoms with Gasteiger partial charge in [-0.2, -0.15) is 0 Å². The molecule has 0 amide bonds. The largest absolute Gasteiger partial charge is 0.480 e. The number of halogens is 1. The van der Waals surface area contributed by atoms with Crippen molar-refractivity contribution >= 4 is 27.4 Å². The van der Waals surface area contributed by atoms with Gasteiger partial charge in [0.2, 0.25) is 0 Å². The minimum Gasteiger partial charge on any atom is -0.480 e. The van der Waals surface area contributed by atoms with Gasteiger partial charge in [-0.1, -0.05) is 0 Å². The molecule has 0 saturated carbocycles. The number of hydrogen-bond acceptors (Lipinski definition) is 4. The highest BCUT2D eigenvalue weighted by Crippen LogP contribution is 2.17. The van der Waals surface area contributed by atoms with Gasteiger partial charge in [0.25, 0.3) is 0 Å². The van der Waals surface area contributed by atoms with Crippen molar-refractivity contribution in [2.45, 2.75) is 17.8 Å². The molecule has 0 spiro atoms. The lowest BCUT2D eigenvalue weighted by atomic mass is 10.2. The average molecular weight is 256 g/mol. The van der Waals surface area contributed by atoms with Gasteiger partial charge in [-0.05, 0) is 13.5 Å². The molecular formula is C8H14ClNO4S. The molecule has 0 aliphatic carbocycles. The molecule has 0 radical (unpaired) electrons. The number of nitrogens with zero attached hydrogens (tertiary/aromatic N) is 1. The fourth-order valence-corrected chi connectivity index (χ4v) is 3.63. The summed E-state index contributed by atoms with van der Waals surface area (Å²) in [5.74, 6) is -0.793. The van der Waals surface area contributed by atoms with Gasteiger partial charge in [0.05, 0.1) is 11.5 Å². The molecule has 2 atom stereocenters. The van der Waals surface area contributed by atoms with Crippen molar-refractivity contribution in [3.63, 3.8) is 0 Å². The maximum atomic E-state index is 11.2. The van der Waals surface area contributed by atoms with E-state index in [0.717, 1.165) is 0 Å². The summed E-state index contributed by atoms with van der Waals surface area (Å²) in [5, 5.41) is 7.61. The molecule has 0 aromatic carbocycles. The van der Waals surface area contributed by atoms with Crippen molar-refractivity contribution in [3.05, 3.63) is 0 Å². The Labute approximate surface area is 93.9 Å². The minimum absolute atomic E-state index is 0.101. The van der Waals surface area contributed by atoms with Crippen molar-refractivity contribution < 1.29 is 18.3 Å². The van der Waals surface area contributed by atoms with Crippen LogP contribution in [0.2, 0.25) is 0 Å². The molecule has 2 unspecified atom stereocenters. The molecule has 15 heavy (non-hydrogen) atoms. The first-order valence-corrected chi connectivity index (χ1v) is 6.85. The lowest BCUT2D eigenvalue weighted by Crippen LogP contribution is -2.39. The Balaban J connectivity index is 2.49. The molecule has 1 fully saturated rings. The van der Waals surface area contributed by atoms with E-state index < -0.39 is 21.2 Å². The summed E-state index contributed by atoms with van der Waals surface area (Å²) in [6.45, 7) is 0.164. The van der Waals surface area contributed by atoms with Gasteiger partial charge < -0.3 is 10.0 Å². The molecule has 88 valence electrons. The second kappa shape index (κ2) is 4.67. The zero-order valence-electron chi connectivity index (χ0n) is 8.39. The molecule has 0 bridgehead atoms. The number of aliphatic carboxylic acids is 1. The lowest BCUT2D eigenvalue weighted by Gasteiger charge is -2.23. The highest BCUT2D eigenvalue weighted by Gasteiger charge is 2.32. The van der Waals surface area contributed by atoms with E-state index in [1.807, 2.05) is 0 Å². The summed E-state index contributed by atoms with van der Waals surface area (Å²) in [7, 11) is -1.23. The third-order valence-electron chi connectivity index (χ3n) is 2.55. The van der Waals surface area contributed by atoms with Crippen molar-refractivity contribution in [1.82, 2.24) is 4.90 Å². The molecule has 1 N–H and O–H groups in total. The van der Waals surface area contributed by atoms with Gasteiger partial charge in [-0.25, -0.2) is 8.42 Å². The van der Waals surface area contributed by atoms with Gasteiger partial charge in [0.1, 0.15) is 5.38 Å². The van der Waals surface area contributed by atoms with Crippen molar-refractivity contribution in [1.29, 1.82) is 0 Å². The van der Waals surface area contributed by atoms with Crippen LogP contribution in [0.25, 0.3) is 0 Å². The Bertz CT molecular complexity index is 343. The summed E-state index contributed by atoms with van der Waals surface area (Å²) in [6, 6.07) is -0.101. The standard InChI is InChI=1S/C8H14ClNO4S/c1-10(4-7(9)8(11)12)6-2-3-15(13,14)5-6/h6-7H,2-5H2,1H3,(H,11,12). The molecule has 1 aliphatic heterocycles. The fraction of sp³-hybridized carbons (Fsp3) is 0.875. The van der Waals surface area contributed by atoms with E-state index in [9.17, 15) is 13.2 Å². The third kappa shape index (κ3) is 3.62. The number of carboxylic acids is 1. The minimum atomic E-state index is -2.93. The first-order valence-electron chi connectivity index (χ1n) is 4.59. The molecule has 5 nitrogen and oxygen atoms in total. The van der Waals surface area contributed by atoms with E-state index in [4.69, 9.17) is 16.7 Å². The smallest absolute Gasteiger partial charge is 0.322 e. The average Bonchev–Trinajstić information content (AvgIpc) is 2.45. The molecule has 1 saturated heterocycles. The van der Waals surface area contributed by atoms with E-state index >= 15 is 0 Å². The maximum Gasteiger partial charge on any atom is 0.322 e. The van der Waals surface area contributed by atoms with E-state index in [2.05, 4.69) is 0 Å². The maximum absolute atomic E-state index is 11.2. The molecule has 0 aromatic rings.